The first kappa shape index (κ1) is 16.4. The second kappa shape index (κ2) is 7.88. The van der Waals surface area contributed by atoms with E-state index in [1.807, 2.05) is 21.6 Å². The number of amides is 1. The Balaban J connectivity index is 1.49. The van der Waals surface area contributed by atoms with E-state index in [0.29, 0.717) is 23.0 Å². The van der Waals surface area contributed by atoms with E-state index in [1.54, 1.807) is 18.2 Å². The van der Waals surface area contributed by atoms with Gasteiger partial charge in [0.15, 0.2) is 0 Å². The number of rotatable bonds is 6. The molecule has 1 aromatic carbocycles. The molecule has 2 N–H and O–H groups in total. The minimum atomic E-state index is -0.196. The molecule has 0 saturated carbocycles. The molecule has 0 radical (unpaired) electrons. The quantitative estimate of drug-likeness (QED) is 0.616. The fraction of sp³-hybridized carbons (Fsp3) is 0.438. The van der Waals surface area contributed by atoms with Crippen LogP contribution in [0.25, 0.3) is 10.9 Å². The maximum atomic E-state index is 12.0. The van der Waals surface area contributed by atoms with E-state index >= 15 is 0 Å². The zero-order valence-corrected chi connectivity index (χ0v) is 14.3. The third kappa shape index (κ3) is 4.51. The third-order valence-corrected chi connectivity index (χ3v) is 6.84. The van der Waals surface area contributed by atoms with Crippen LogP contribution >= 0.6 is 21.6 Å². The van der Waals surface area contributed by atoms with Crippen molar-refractivity contribution in [1.82, 2.24) is 9.97 Å². The van der Waals surface area contributed by atoms with Gasteiger partial charge in [-0.25, -0.2) is 4.98 Å². The van der Waals surface area contributed by atoms with Crippen LogP contribution in [-0.2, 0) is 4.79 Å². The molecular weight excluding hydrogens is 330 g/mol. The van der Waals surface area contributed by atoms with E-state index in [-0.39, 0.29) is 11.5 Å². The number of anilines is 1. The van der Waals surface area contributed by atoms with E-state index in [0.717, 1.165) is 18.1 Å². The molecule has 2 aromatic rings. The molecule has 1 aromatic heterocycles. The van der Waals surface area contributed by atoms with Crippen molar-refractivity contribution in [3.8, 4) is 0 Å². The van der Waals surface area contributed by atoms with Crippen LogP contribution in [0.15, 0.2) is 29.3 Å². The predicted molar refractivity (Wildman–Crippen MR) is 97.9 cm³/mol. The summed E-state index contributed by atoms with van der Waals surface area (Å²) >= 11 is 0. The lowest BCUT2D eigenvalue weighted by atomic mass is 10.1. The van der Waals surface area contributed by atoms with Crippen molar-refractivity contribution in [2.24, 2.45) is 0 Å². The van der Waals surface area contributed by atoms with Crippen LogP contribution in [0.5, 0.6) is 0 Å². The lowest BCUT2D eigenvalue weighted by molar-refractivity contribution is -0.116. The van der Waals surface area contributed by atoms with Gasteiger partial charge in [-0.15, -0.1) is 0 Å². The summed E-state index contributed by atoms with van der Waals surface area (Å²) in [6, 6.07) is 5.19. The molecule has 1 saturated heterocycles. The first-order chi connectivity index (χ1) is 11.2. The summed E-state index contributed by atoms with van der Waals surface area (Å²) in [5.74, 6) is 1.25. The highest BCUT2D eigenvalue weighted by atomic mass is 33.1. The number of carbonyl (C=O) groups excluding carboxylic acids is 1. The van der Waals surface area contributed by atoms with Crippen LogP contribution in [-0.4, -0.2) is 26.9 Å². The highest BCUT2D eigenvalue weighted by molar-refractivity contribution is 8.77. The maximum Gasteiger partial charge on any atom is 0.258 e. The highest BCUT2D eigenvalue weighted by Gasteiger charge is 2.15. The number of benzene rings is 1. The van der Waals surface area contributed by atoms with Gasteiger partial charge < -0.3 is 10.3 Å². The van der Waals surface area contributed by atoms with Crippen LogP contribution in [0, 0.1) is 0 Å². The number of nitrogens with one attached hydrogen (secondary N) is 2. The van der Waals surface area contributed by atoms with Crippen molar-refractivity contribution < 1.29 is 4.79 Å². The fourth-order valence-corrected chi connectivity index (χ4v) is 5.62. The van der Waals surface area contributed by atoms with Crippen molar-refractivity contribution in [1.29, 1.82) is 0 Å². The number of carbonyl (C=O) groups is 1. The molecule has 0 unspecified atom stereocenters. The van der Waals surface area contributed by atoms with Crippen LogP contribution in [0.2, 0.25) is 0 Å². The van der Waals surface area contributed by atoms with Crippen LogP contribution in [0.1, 0.15) is 32.1 Å². The Morgan fingerprint density at radius 2 is 2.30 bits per heavy atom. The van der Waals surface area contributed by atoms with Gasteiger partial charge in [-0.2, -0.15) is 0 Å². The molecule has 2 heterocycles. The van der Waals surface area contributed by atoms with Gasteiger partial charge in [-0.1, -0.05) is 28.0 Å². The van der Waals surface area contributed by atoms with E-state index in [9.17, 15) is 9.59 Å². The van der Waals surface area contributed by atoms with E-state index in [1.165, 1.54) is 24.9 Å². The number of nitrogens with zero attached hydrogens (tertiary/aromatic N) is 1. The number of H-pyrrole nitrogens is 1. The van der Waals surface area contributed by atoms with Gasteiger partial charge in [0.1, 0.15) is 0 Å². The summed E-state index contributed by atoms with van der Waals surface area (Å²) in [7, 11) is 3.94. The molecule has 7 heteroatoms. The Kier molecular flexibility index (Phi) is 5.61. The smallest absolute Gasteiger partial charge is 0.258 e. The minimum Gasteiger partial charge on any atom is -0.326 e. The first-order valence-electron chi connectivity index (χ1n) is 7.78. The summed E-state index contributed by atoms with van der Waals surface area (Å²) < 4.78 is 0. The van der Waals surface area contributed by atoms with Crippen molar-refractivity contribution in [3.05, 3.63) is 34.9 Å². The van der Waals surface area contributed by atoms with Gasteiger partial charge >= 0.3 is 0 Å². The Hall–Kier alpha value is -1.47. The average molecular weight is 349 g/mol. The van der Waals surface area contributed by atoms with Crippen LogP contribution in [0.4, 0.5) is 5.69 Å². The normalized spacial score (nSPS) is 17.5. The molecule has 0 aliphatic carbocycles. The Bertz CT molecular complexity index is 741. The Labute approximate surface area is 142 Å². The number of hydrogen-bond donors (Lipinski definition) is 2. The number of fused-ring (bicyclic) bond motifs is 1. The van der Waals surface area contributed by atoms with Crippen LogP contribution < -0.4 is 10.9 Å². The third-order valence-electron chi connectivity index (χ3n) is 3.83. The van der Waals surface area contributed by atoms with Gasteiger partial charge in [0.25, 0.3) is 5.56 Å². The second-order valence-electron chi connectivity index (χ2n) is 5.59. The average Bonchev–Trinajstić information content (AvgIpc) is 3.06. The van der Waals surface area contributed by atoms with Gasteiger partial charge in [-0.3, -0.25) is 9.59 Å². The second-order valence-corrected chi connectivity index (χ2v) is 8.37. The molecule has 23 heavy (non-hydrogen) atoms. The monoisotopic (exact) mass is 349 g/mol. The standard InChI is InChI=1S/C16H19N3O2S2/c20-15(4-2-1-3-12-7-8-22-23-12)19-11-5-6-14-13(9-11)16(21)18-10-17-14/h5-6,9-10,12H,1-4,7-8H2,(H,19,20)(H,17,18,21)/t12-/m1/s1. The lowest BCUT2D eigenvalue weighted by Crippen LogP contribution is -2.12. The van der Waals surface area contributed by atoms with Gasteiger partial charge in [0, 0.05) is 23.1 Å². The maximum absolute atomic E-state index is 12.0. The number of aromatic amines is 1. The number of unbranched alkanes of at least 4 members (excludes halogenated alkanes) is 1. The molecule has 3 rings (SSSR count). The number of aromatic nitrogens is 2. The summed E-state index contributed by atoms with van der Waals surface area (Å²) in [4.78, 5) is 30.4. The van der Waals surface area contributed by atoms with Gasteiger partial charge in [0.2, 0.25) is 5.91 Å². The van der Waals surface area contributed by atoms with E-state index < -0.39 is 0 Å². The first-order valence-corrected chi connectivity index (χ1v) is 10.2. The van der Waals surface area contributed by atoms with E-state index in [2.05, 4.69) is 15.3 Å². The topological polar surface area (TPSA) is 74.8 Å². The summed E-state index contributed by atoms with van der Waals surface area (Å²) in [6.07, 6.45) is 6.38. The Morgan fingerprint density at radius 3 is 3.13 bits per heavy atom. The molecule has 1 aliphatic heterocycles. The minimum absolute atomic E-state index is 0.00174. The molecule has 1 fully saturated rings. The molecule has 0 bridgehead atoms. The molecular formula is C16H19N3O2S2. The van der Waals surface area contributed by atoms with Crippen molar-refractivity contribution in [2.45, 2.75) is 37.4 Å². The largest absolute Gasteiger partial charge is 0.326 e. The van der Waals surface area contributed by atoms with Gasteiger partial charge in [-0.05, 0) is 37.5 Å². The SMILES string of the molecule is O=C(CCCC[C@@H]1CCSS1)Nc1ccc2nc[nH]c(=O)c2c1. The fourth-order valence-electron chi connectivity index (χ4n) is 2.59. The highest BCUT2D eigenvalue weighted by Crippen LogP contribution is 2.39. The molecule has 5 nitrogen and oxygen atoms in total. The molecule has 0 spiro atoms. The van der Waals surface area contributed by atoms with E-state index in [4.69, 9.17) is 0 Å². The van der Waals surface area contributed by atoms with Crippen molar-refractivity contribution in [2.75, 3.05) is 11.1 Å². The summed E-state index contributed by atoms with van der Waals surface area (Å²) in [5, 5.41) is 4.11. The summed E-state index contributed by atoms with van der Waals surface area (Å²) in [6.45, 7) is 0. The van der Waals surface area contributed by atoms with Crippen molar-refractivity contribution >= 4 is 44.1 Å². The Morgan fingerprint density at radius 1 is 1.39 bits per heavy atom. The zero-order chi connectivity index (χ0) is 16.1. The lowest BCUT2D eigenvalue weighted by Gasteiger charge is -2.08. The van der Waals surface area contributed by atoms with Crippen molar-refractivity contribution in [3.63, 3.8) is 0 Å². The summed E-state index contributed by atoms with van der Waals surface area (Å²) in [5.41, 5.74) is 1.07. The molecule has 1 atom stereocenters. The predicted octanol–water partition coefficient (Wildman–Crippen LogP) is 3.58. The zero-order valence-electron chi connectivity index (χ0n) is 12.7. The van der Waals surface area contributed by atoms with Crippen LogP contribution in [0.3, 0.4) is 0 Å². The number of hydrogen-bond acceptors (Lipinski definition) is 5. The van der Waals surface area contributed by atoms with Gasteiger partial charge in [0.05, 0.1) is 17.2 Å². The molecule has 122 valence electrons. The molecule has 1 amide bonds. The molecule has 1 aliphatic rings.